The number of hydrogen-bond donors (Lipinski definition) is 2. The molecule has 5 heteroatoms. The zero-order valence-corrected chi connectivity index (χ0v) is 10.7. The lowest BCUT2D eigenvalue weighted by Gasteiger charge is -2.16. The largest absolute Gasteiger partial charge is 0.363 e. The molecule has 1 aliphatic rings. The third kappa shape index (κ3) is 4.79. The van der Waals surface area contributed by atoms with E-state index in [4.69, 9.17) is 12.2 Å². The third-order valence-electron chi connectivity index (χ3n) is 2.60. The second kappa shape index (κ2) is 7.44. The summed E-state index contributed by atoms with van der Waals surface area (Å²) in [6.45, 7) is 5.63. The van der Waals surface area contributed by atoms with Crippen LogP contribution in [0.15, 0.2) is 0 Å². The first-order valence-corrected chi connectivity index (χ1v) is 6.44. The molecule has 16 heavy (non-hydrogen) atoms. The molecule has 0 bridgehead atoms. The van der Waals surface area contributed by atoms with Crippen LogP contribution in [0.4, 0.5) is 0 Å². The Morgan fingerprint density at radius 2 is 2.19 bits per heavy atom. The van der Waals surface area contributed by atoms with Crippen LogP contribution in [0.1, 0.15) is 32.6 Å². The summed E-state index contributed by atoms with van der Waals surface area (Å²) in [4.78, 5) is 13.2. The molecule has 0 aliphatic carbocycles. The van der Waals surface area contributed by atoms with Gasteiger partial charge < -0.3 is 15.5 Å². The fraction of sp³-hybridized carbons (Fsp3) is 0.818. The van der Waals surface area contributed by atoms with E-state index in [1.165, 1.54) is 0 Å². The van der Waals surface area contributed by atoms with Crippen LogP contribution in [0, 0.1) is 0 Å². The van der Waals surface area contributed by atoms with Crippen LogP contribution in [-0.2, 0) is 4.79 Å². The number of thiocarbonyl (C=S) groups is 1. The van der Waals surface area contributed by atoms with Gasteiger partial charge in [0.1, 0.15) is 0 Å². The third-order valence-corrected chi connectivity index (χ3v) is 2.89. The number of carbonyl (C=O) groups is 1. The van der Waals surface area contributed by atoms with Crippen molar-refractivity contribution in [2.24, 2.45) is 0 Å². The average Bonchev–Trinajstić information content (AvgIpc) is 2.67. The molecule has 1 rings (SSSR count). The van der Waals surface area contributed by atoms with Gasteiger partial charge in [-0.05, 0) is 31.5 Å². The molecule has 0 radical (unpaired) electrons. The summed E-state index contributed by atoms with van der Waals surface area (Å²) in [6.07, 6.45) is 3.77. The topological polar surface area (TPSA) is 44.4 Å². The minimum Gasteiger partial charge on any atom is -0.363 e. The van der Waals surface area contributed by atoms with Crippen molar-refractivity contribution in [3.63, 3.8) is 0 Å². The lowest BCUT2D eigenvalue weighted by Crippen LogP contribution is -2.37. The van der Waals surface area contributed by atoms with Crippen LogP contribution in [0.5, 0.6) is 0 Å². The summed E-state index contributed by atoms with van der Waals surface area (Å²) < 4.78 is 0. The van der Waals surface area contributed by atoms with Crippen molar-refractivity contribution in [3.8, 4) is 0 Å². The van der Waals surface area contributed by atoms with Crippen LogP contribution < -0.4 is 10.6 Å². The first-order chi connectivity index (χ1) is 7.74. The first-order valence-electron chi connectivity index (χ1n) is 6.03. The van der Waals surface area contributed by atoms with Gasteiger partial charge in [0.15, 0.2) is 5.11 Å². The van der Waals surface area contributed by atoms with Gasteiger partial charge in [-0.25, -0.2) is 0 Å². The number of likely N-dealkylation sites (tertiary alicyclic amines) is 1. The van der Waals surface area contributed by atoms with E-state index in [-0.39, 0.29) is 0 Å². The van der Waals surface area contributed by atoms with Crippen LogP contribution in [0.3, 0.4) is 0 Å². The molecular weight excluding hydrogens is 222 g/mol. The van der Waals surface area contributed by atoms with Crippen LogP contribution in [-0.4, -0.2) is 42.1 Å². The highest BCUT2D eigenvalue weighted by atomic mass is 32.1. The summed E-state index contributed by atoms with van der Waals surface area (Å²) in [6, 6.07) is 0. The van der Waals surface area contributed by atoms with E-state index in [0.29, 0.717) is 5.91 Å². The molecule has 4 nitrogen and oxygen atoms in total. The zero-order chi connectivity index (χ0) is 11.8. The Balaban J connectivity index is 1.99. The maximum absolute atomic E-state index is 11.3. The molecule has 92 valence electrons. The Morgan fingerprint density at radius 3 is 2.81 bits per heavy atom. The number of nitrogens with zero attached hydrogens (tertiary/aromatic N) is 1. The van der Waals surface area contributed by atoms with Gasteiger partial charge in [0, 0.05) is 32.6 Å². The minimum atomic E-state index is 0.298. The van der Waals surface area contributed by atoms with Crippen molar-refractivity contribution in [1.82, 2.24) is 15.5 Å². The molecule has 1 aliphatic heterocycles. The van der Waals surface area contributed by atoms with Crippen molar-refractivity contribution in [2.45, 2.75) is 32.6 Å². The van der Waals surface area contributed by atoms with Gasteiger partial charge >= 0.3 is 0 Å². The fourth-order valence-corrected chi connectivity index (χ4v) is 1.92. The van der Waals surface area contributed by atoms with Gasteiger partial charge in [0.2, 0.25) is 5.91 Å². The second-order valence-electron chi connectivity index (χ2n) is 4.02. The predicted octanol–water partition coefficient (Wildman–Crippen LogP) is 0.873. The molecule has 1 amide bonds. The van der Waals surface area contributed by atoms with E-state index < -0.39 is 0 Å². The van der Waals surface area contributed by atoms with E-state index in [9.17, 15) is 4.79 Å². The zero-order valence-electron chi connectivity index (χ0n) is 9.92. The average molecular weight is 243 g/mol. The van der Waals surface area contributed by atoms with Crippen molar-refractivity contribution < 1.29 is 4.79 Å². The Hall–Kier alpha value is -0.840. The summed E-state index contributed by atoms with van der Waals surface area (Å²) >= 11 is 5.09. The van der Waals surface area contributed by atoms with E-state index in [1.54, 1.807) is 0 Å². The van der Waals surface area contributed by atoms with Crippen LogP contribution in [0.25, 0.3) is 0 Å². The Labute approximate surface area is 103 Å². The van der Waals surface area contributed by atoms with E-state index in [0.717, 1.165) is 57.0 Å². The Morgan fingerprint density at radius 1 is 1.44 bits per heavy atom. The highest BCUT2D eigenvalue weighted by Crippen LogP contribution is 2.09. The van der Waals surface area contributed by atoms with Gasteiger partial charge in [-0.15, -0.1) is 0 Å². The maximum atomic E-state index is 11.3. The Bertz CT molecular complexity index is 245. The molecule has 0 atom stereocenters. The first kappa shape index (κ1) is 13.2. The number of hydrogen-bond acceptors (Lipinski definition) is 2. The molecule has 0 aromatic heterocycles. The van der Waals surface area contributed by atoms with E-state index in [1.807, 2.05) is 4.90 Å². The summed E-state index contributed by atoms with van der Waals surface area (Å²) in [5, 5.41) is 6.97. The second-order valence-corrected chi connectivity index (χ2v) is 4.43. The monoisotopic (exact) mass is 243 g/mol. The highest BCUT2D eigenvalue weighted by Gasteiger charge is 2.18. The molecule has 2 N–H and O–H groups in total. The summed E-state index contributed by atoms with van der Waals surface area (Å²) in [7, 11) is 0. The molecule has 0 saturated carbocycles. The molecule has 1 saturated heterocycles. The molecule has 1 fully saturated rings. The predicted molar refractivity (Wildman–Crippen MR) is 69.3 cm³/mol. The van der Waals surface area contributed by atoms with E-state index >= 15 is 0 Å². The lowest BCUT2D eigenvalue weighted by atomic mass is 10.4. The van der Waals surface area contributed by atoms with Gasteiger partial charge in [-0.1, -0.05) is 6.92 Å². The van der Waals surface area contributed by atoms with Crippen molar-refractivity contribution >= 4 is 23.2 Å². The van der Waals surface area contributed by atoms with Crippen LogP contribution in [0.2, 0.25) is 0 Å². The van der Waals surface area contributed by atoms with Gasteiger partial charge in [0.25, 0.3) is 0 Å². The van der Waals surface area contributed by atoms with Gasteiger partial charge in [0.05, 0.1) is 0 Å². The van der Waals surface area contributed by atoms with Gasteiger partial charge in [-0.2, -0.15) is 0 Å². The molecule has 0 unspecified atom stereocenters. The summed E-state index contributed by atoms with van der Waals surface area (Å²) in [5.74, 6) is 0.298. The van der Waals surface area contributed by atoms with Crippen molar-refractivity contribution in [1.29, 1.82) is 0 Å². The molecular formula is C11H21N3OS. The van der Waals surface area contributed by atoms with Crippen molar-refractivity contribution in [3.05, 3.63) is 0 Å². The molecule has 0 aromatic carbocycles. The van der Waals surface area contributed by atoms with Gasteiger partial charge in [-0.3, -0.25) is 4.79 Å². The quantitative estimate of drug-likeness (QED) is 0.537. The highest BCUT2D eigenvalue weighted by molar-refractivity contribution is 7.80. The normalized spacial score (nSPS) is 15.3. The maximum Gasteiger partial charge on any atom is 0.222 e. The van der Waals surface area contributed by atoms with Crippen LogP contribution >= 0.6 is 12.2 Å². The lowest BCUT2D eigenvalue weighted by molar-refractivity contribution is -0.127. The number of nitrogens with one attached hydrogen (secondary N) is 2. The molecule has 0 spiro atoms. The fourth-order valence-electron chi connectivity index (χ4n) is 1.71. The molecule has 1 heterocycles. The smallest absolute Gasteiger partial charge is 0.222 e. The number of rotatable bonds is 6. The summed E-state index contributed by atoms with van der Waals surface area (Å²) in [5.41, 5.74) is 0. The number of carbonyl (C=O) groups excluding carboxylic acids is 1. The number of amides is 1. The minimum absolute atomic E-state index is 0.298. The van der Waals surface area contributed by atoms with E-state index in [2.05, 4.69) is 17.6 Å². The van der Waals surface area contributed by atoms with Crippen molar-refractivity contribution in [2.75, 3.05) is 26.2 Å². The standard InChI is InChI=1S/C11H21N3OS/c1-2-6-12-11(16)13-7-4-9-14-8-3-5-10(14)15/h2-9H2,1H3,(H2,12,13,16). The SMILES string of the molecule is CCCNC(=S)NCCCN1CCCC1=O. The molecule has 0 aromatic rings. The Kier molecular flexibility index (Phi) is 6.15.